The molecular weight excluding hydrogens is 553 g/mol. The van der Waals surface area contributed by atoms with Crippen LogP contribution in [0.2, 0.25) is 0 Å². The van der Waals surface area contributed by atoms with Crippen molar-refractivity contribution in [1.82, 2.24) is 0 Å². The predicted octanol–water partition coefficient (Wildman–Crippen LogP) is 9.21. The molecular formula is C27H24Cl2O6P2. The number of hydrogen-bond donors (Lipinski definition) is 0. The van der Waals surface area contributed by atoms with Gasteiger partial charge in [-0.3, -0.25) is 0 Å². The molecule has 10 heteroatoms. The van der Waals surface area contributed by atoms with Gasteiger partial charge < -0.3 is 18.1 Å². The van der Waals surface area contributed by atoms with Crippen molar-refractivity contribution in [3.8, 4) is 23.0 Å². The zero-order valence-corrected chi connectivity index (χ0v) is 23.0. The lowest BCUT2D eigenvalue weighted by molar-refractivity contribution is 0.332. The van der Waals surface area contributed by atoms with Crippen LogP contribution in [0.15, 0.2) is 121 Å². The van der Waals surface area contributed by atoms with Crippen LogP contribution >= 0.6 is 38.4 Å². The topological polar surface area (TPSA) is 71.1 Å². The maximum absolute atomic E-state index is 14.9. The Hall–Kier alpha value is -2.88. The lowest BCUT2D eigenvalue weighted by atomic mass is 10.3. The van der Waals surface area contributed by atoms with Gasteiger partial charge in [0.05, 0.1) is 0 Å². The molecule has 0 unspecified atom stereocenters. The van der Waals surface area contributed by atoms with Gasteiger partial charge in [-0.15, -0.1) is 23.2 Å². The molecule has 0 atom stereocenters. The van der Waals surface area contributed by atoms with Crippen LogP contribution in [0.1, 0.15) is 6.92 Å². The van der Waals surface area contributed by atoms with Crippen LogP contribution in [-0.4, -0.2) is 9.73 Å². The van der Waals surface area contributed by atoms with Gasteiger partial charge in [0.25, 0.3) is 0 Å². The van der Waals surface area contributed by atoms with Crippen molar-refractivity contribution in [3.05, 3.63) is 121 Å². The normalized spacial score (nSPS) is 12.1. The molecule has 0 spiro atoms. The molecule has 192 valence electrons. The second-order valence-electron chi connectivity index (χ2n) is 8.01. The van der Waals surface area contributed by atoms with E-state index in [1.165, 1.54) is 6.92 Å². The minimum Gasteiger partial charge on any atom is -0.415 e. The zero-order valence-electron chi connectivity index (χ0n) is 19.7. The lowest BCUT2D eigenvalue weighted by Gasteiger charge is -2.40. The second-order valence-corrected chi connectivity index (χ2v) is 14.0. The third kappa shape index (κ3) is 6.00. The summed E-state index contributed by atoms with van der Waals surface area (Å²) in [4.78, 5) is -3.82. The summed E-state index contributed by atoms with van der Waals surface area (Å²) in [6, 6.07) is 33.3. The van der Waals surface area contributed by atoms with Crippen molar-refractivity contribution in [2.75, 3.05) is 0 Å². The first-order valence-electron chi connectivity index (χ1n) is 11.2. The number of halogens is 2. The molecule has 0 radical (unpaired) electrons. The van der Waals surface area contributed by atoms with Crippen LogP contribution < -0.4 is 18.1 Å². The van der Waals surface area contributed by atoms with Gasteiger partial charge in [0.2, 0.25) is 4.90 Å². The second kappa shape index (κ2) is 11.7. The molecule has 4 aromatic rings. The van der Waals surface area contributed by atoms with E-state index in [2.05, 4.69) is 0 Å². The molecule has 0 saturated carbocycles. The van der Waals surface area contributed by atoms with E-state index < -0.39 is 24.9 Å². The van der Waals surface area contributed by atoms with E-state index in [0.717, 1.165) is 0 Å². The van der Waals surface area contributed by atoms with Gasteiger partial charge in [-0.1, -0.05) is 72.8 Å². The molecule has 0 aliphatic rings. The van der Waals surface area contributed by atoms with Crippen LogP contribution in [-0.2, 0) is 9.13 Å². The summed E-state index contributed by atoms with van der Waals surface area (Å²) in [6.07, 6.45) is 0. The molecule has 6 nitrogen and oxygen atoms in total. The fraction of sp³-hybridized carbons (Fsp3) is 0.111. The number of hydrogen-bond acceptors (Lipinski definition) is 6. The van der Waals surface area contributed by atoms with Gasteiger partial charge in [-0.05, 0) is 55.5 Å². The molecule has 0 aliphatic heterocycles. The van der Waals surface area contributed by atoms with E-state index in [1.54, 1.807) is 121 Å². The Bertz CT molecular complexity index is 1180. The van der Waals surface area contributed by atoms with E-state index in [4.69, 9.17) is 41.3 Å². The summed E-state index contributed by atoms with van der Waals surface area (Å²) in [7, 11) is -9.23. The fourth-order valence-corrected chi connectivity index (χ4v) is 9.29. The summed E-state index contributed by atoms with van der Waals surface area (Å²) in [5.41, 5.74) is 0. The lowest BCUT2D eigenvalue weighted by Crippen LogP contribution is -2.39. The third-order valence-corrected chi connectivity index (χ3v) is 12.9. The van der Waals surface area contributed by atoms with E-state index in [9.17, 15) is 9.13 Å². The van der Waals surface area contributed by atoms with Crippen molar-refractivity contribution < 1.29 is 27.2 Å². The average molecular weight is 577 g/mol. The molecule has 0 heterocycles. The summed E-state index contributed by atoms with van der Waals surface area (Å²) in [6.45, 7) is 1.32. The minimum atomic E-state index is -4.61. The van der Waals surface area contributed by atoms with E-state index in [0.29, 0.717) is 0 Å². The Morgan fingerprint density at radius 2 is 0.730 bits per heavy atom. The molecule has 0 bridgehead atoms. The van der Waals surface area contributed by atoms with Gasteiger partial charge in [0.15, 0.2) is 0 Å². The van der Waals surface area contributed by atoms with Gasteiger partial charge in [0.1, 0.15) is 27.8 Å². The molecule has 37 heavy (non-hydrogen) atoms. The van der Waals surface area contributed by atoms with Crippen LogP contribution in [0, 0.1) is 0 Å². The summed E-state index contributed by atoms with van der Waals surface area (Å²) in [5, 5.41) is 0. The highest BCUT2D eigenvalue weighted by Crippen LogP contribution is 2.78. The van der Waals surface area contributed by atoms with Crippen LogP contribution in [0.5, 0.6) is 23.0 Å². The molecule has 0 aliphatic carbocycles. The largest absolute Gasteiger partial charge is 0.453 e. The highest BCUT2D eigenvalue weighted by molar-refractivity contribution is 7.75. The summed E-state index contributed by atoms with van der Waals surface area (Å²) >= 11 is 13.0. The first kappa shape index (κ1) is 27.2. The van der Waals surface area contributed by atoms with Crippen molar-refractivity contribution in [2.24, 2.45) is 0 Å². The van der Waals surface area contributed by atoms with Crippen molar-refractivity contribution in [2.45, 2.75) is 16.7 Å². The monoisotopic (exact) mass is 576 g/mol. The standard InChI is InChI=1S/C27H24Cl2O6P2/c1-27(26(28)29,36(30,32-22-14-6-2-7-15-22)33-23-16-8-3-9-17-23)37(31,34-24-18-10-4-11-19-24)35-25-20-12-5-13-21-25/h2-21,26H,1H3. The first-order valence-corrected chi connectivity index (χ1v) is 15.2. The Labute approximate surface area is 226 Å². The predicted molar refractivity (Wildman–Crippen MR) is 147 cm³/mol. The quantitative estimate of drug-likeness (QED) is 0.131. The van der Waals surface area contributed by atoms with Crippen molar-refractivity contribution in [1.29, 1.82) is 0 Å². The summed E-state index contributed by atoms with van der Waals surface area (Å²) < 4.78 is 53.7. The third-order valence-electron chi connectivity index (χ3n) is 5.40. The smallest absolute Gasteiger partial charge is 0.415 e. The van der Waals surface area contributed by atoms with Crippen LogP contribution in [0.25, 0.3) is 0 Å². The number of rotatable bonds is 11. The minimum absolute atomic E-state index is 0.188. The Morgan fingerprint density at radius 1 is 0.514 bits per heavy atom. The number of para-hydroxylation sites is 4. The molecule has 0 N–H and O–H groups in total. The van der Waals surface area contributed by atoms with Crippen molar-refractivity contribution >= 4 is 38.4 Å². The highest BCUT2D eigenvalue weighted by atomic mass is 35.5. The maximum atomic E-state index is 14.9. The Balaban J connectivity index is 1.91. The van der Waals surface area contributed by atoms with E-state index >= 15 is 0 Å². The Morgan fingerprint density at radius 3 is 0.919 bits per heavy atom. The maximum Gasteiger partial charge on any atom is 0.453 e. The molecule has 0 aromatic heterocycles. The van der Waals surface area contributed by atoms with Crippen molar-refractivity contribution in [3.63, 3.8) is 0 Å². The van der Waals surface area contributed by atoms with Gasteiger partial charge in [-0.25, -0.2) is 9.13 Å². The molecule has 0 amide bonds. The number of benzene rings is 4. The average Bonchev–Trinajstić information content (AvgIpc) is 2.90. The molecule has 4 aromatic carbocycles. The molecule has 0 saturated heterocycles. The van der Waals surface area contributed by atoms with Crippen LogP contribution in [0.3, 0.4) is 0 Å². The van der Waals surface area contributed by atoms with Gasteiger partial charge in [0, 0.05) is 0 Å². The fourth-order valence-electron chi connectivity index (χ4n) is 3.28. The molecule has 4 rings (SSSR count). The highest BCUT2D eigenvalue weighted by Gasteiger charge is 2.70. The number of alkyl halides is 2. The van der Waals surface area contributed by atoms with E-state index in [-0.39, 0.29) is 23.0 Å². The zero-order chi connectivity index (χ0) is 26.4. The van der Waals surface area contributed by atoms with E-state index in [1.807, 2.05) is 0 Å². The van der Waals surface area contributed by atoms with Gasteiger partial charge in [-0.2, -0.15) is 0 Å². The first-order chi connectivity index (χ1) is 17.8. The van der Waals surface area contributed by atoms with Gasteiger partial charge >= 0.3 is 15.2 Å². The Kier molecular flexibility index (Phi) is 8.56. The SMILES string of the molecule is CC(C(Cl)Cl)(P(=O)(Oc1ccccc1)Oc1ccccc1)P(=O)(Oc1ccccc1)Oc1ccccc1. The summed E-state index contributed by atoms with van der Waals surface area (Å²) in [5.74, 6) is 0.752. The molecule has 0 fully saturated rings. The van der Waals surface area contributed by atoms with Crippen LogP contribution in [0.4, 0.5) is 0 Å².